The number of fused-ring (bicyclic) bond motifs is 1. The van der Waals surface area contributed by atoms with Crippen molar-refractivity contribution in [3.63, 3.8) is 0 Å². The maximum Gasteiger partial charge on any atom is 0.243 e. The fraction of sp³-hybridized carbons (Fsp3) is 0.455. The van der Waals surface area contributed by atoms with E-state index < -0.39 is 11.9 Å². The van der Waals surface area contributed by atoms with E-state index >= 15 is 0 Å². The Hall–Kier alpha value is -2.94. The lowest BCUT2D eigenvalue weighted by Gasteiger charge is -2.38. The summed E-state index contributed by atoms with van der Waals surface area (Å²) in [4.78, 5) is 24.1. The number of anilines is 2. The van der Waals surface area contributed by atoms with Crippen LogP contribution in [-0.2, 0) is 4.79 Å². The molecule has 0 unspecified atom stereocenters. The van der Waals surface area contributed by atoms with Crippen LogP contribution in [0.1, 0.15) is 26.2 Å². The number of benzene rings is 1. The molecule has 3 heterocycles. The molecule has 2 aliphatic rings. The lowest BCUT2D eigenvalue weighted by atomic mass is 9.95. The van der Waals surface area contributed by atoms with Gasteiger partial charge in [0.15, 0.2) is 5.65 Å². The summed E-state index contributed by atoms with van der Waals surface area (Å²) in [5.41, 5.74) is 1.21. The van der Waals surface area contributed by atoms with E-state index in [-0.39, 0.29) is 17.9 Å². The molecule has 3 N–H and O–H groups in total. The molecule has 2 aromatic heterocycles. The second-order valence-corrected chi connectivity index (χ2v) is 9.33. The van der Waals surface area contributed by atoms with Gasteiger partial charge in [0.1, 0.15) is 24.0 Å². The third-order valence-corrected chi connectivity index (χ3v) is 6.31. The van der Waals surface area contributed by atoms with Crippen molar-refractivity contribution in [3.05, 3.63) is 41.6 Å². The number of aromatic amines is 1. The Labute approximate surface area is 189 Å². The molecule has 1 amide bonds. The molecule has 168 valence electrons. The highest BCUT2D eigenvalue weighted by molar-refractivity contribution is 6.30. The molecule has 0 radical (unpaired) electrons. The number of hydrogen-bond donors (Lipinski definition) is 3. The van der Waals surface area contributed by atoms with Gasteiger partial charge < -0.3 is 15.5 Å². The summed E-state index contributed by atoms with van der Waals surface area (Å²) >= 11 is 5.98. The molecular formula is C22H25ClFN7O. The summed E-state index contributed by atoms with van der Waals surface area (Å²) in [5.74, 6) is 0.938. The second kappa shape index (κ2) is 8.54. The van der Waals surface area contributed by atoms with Gasteiger partial charge in [0.05, 0.1) is 11.6 Å². The standard InChI is InChI=1S/C22H25ClFN7O/c1-12-4-17(10-31(9-12)21-18-8-27-30-20(18)25-11-26-21)29-22(32)19(13-2-3-13)28-16-6-14(23)5-15(24)7-16/h5-8,11-13,17,19,28H,2-4,9-10H2,1H3,(H,29,32)(H,25,26,27,30)/t12-,17+,19+/m0/s1. The topological polar surface area (TPSA) is 98.8 Å². The minimum Gasteiger partial charge on any atom is -0.373 e. The van der Waals surface area contributed by atoms with Crippen LogP contribution in [0.25, 0.3) is 11.0 Å². The average Bonchev–Trinajstić information content (AvgIpc) is 3.46. The van der Waals surface area contributed by atoms with Gasteiger partial charge in [0.25, 0.3) is 0 Å². The average molecular weight is 458 g/mol. The SMILES string of the molecule is C[C@H]1C[C@@H](NC(=O)[C@H](Nc2cc(F)cc(Cl)c2)C2CC2)CN(c2ncnc3[nH]ncc23)C1. The number of nitrogens with zero attached hydrogens (tertiary/aromatic N) is 4. The largest absolute Gasteiger partial charge is 0.373 e. The van der Waals surface area contributed by atoms with Gasteiger partial charge in [-0.05, 0) is 49.3 Å². The number of aromatic nitrogens is 4. The van der Waals surface area contributed by atoms with Gasteiger partial charge >= 0.3 is 0 Å². The molecule has 3 aromatic rings. The molecule has 8 nitrogen and oxygen atoms in total. The zero-order valence-corrected chi connectivity index (χ0v) is 18.4. The van der Waals surface area contributed by atoms with Crippen molar-refractivity contribution in [2.45, 2.75) is 38.3 Å². The number of piperidine rings is 1. The van der Waals surface area contributed by atoms with E-state index in [1.54, 1.807) is 12.3 Å². The van der Waals surface area contributed by atoms with E-state index in [0.29, 0.717) is 28.8 Å². The maximum absolute atomic E-state index is 13.8. The number of hydrogen-bond acceptors (Lipinski definition) is 6. The van der Waals surface area contributed by atoms with Crippen molar-refractivity contribution in [2.75, 3.05) is 23.3 Å². The zero-order chi connectivity index (χ0) is 22.2. The molecular weight excluding hydrogens is 433 g/mol. The summed E-state index contributed by atoms with van der Waals surface area (Å²) in [5, 5.41) is 14.6. The molecule has 2 fully saturated rings. The highest BCUT2D eigenvalue weighted by Gasteiger charge is 2.38. The minimum atomic E-state index is -0.429. The van der Waals surface area contributed by atoms with E-state index in [4.69, 9.17) is 11.6 Å². The molecule has 1 aliphatic heterocycles. The normalized spacial score (nSPS) is 22.0. The minimum absolute atomic E-state index is 0.0256. The Morgan fingerprint density at radius 2 is 2.12 bits per heavy atom. The number of rotatable bonds is 6. The van der Waals surface area contributed by atoms with Gasteiger partial charge in [0.2, 0.25) is 5.91 Å². The van der Waals surface area contributed by atoms with Crippen molar-refractivity contribution in [3.8, 4) is 0 Å². The van der Waals surface area contributed by atoms with Gasteiger partial charge in [-0.3, -0.25) is 9.89 Å². The molecule has 3 atom stereocenters. The number of carbonyl (C=O) groups is 1. The van der Waals surface area contributed by atoms with Crippen LogP contribution in [-0.4, -0.2) is 51.2 Å². The molecule has 32 heavy (non-hydrogen) atoms. The molecule has 0 spiro atoms. The summed E-state index contributed by atoms with van der Waals surface area (Å²) in [6.07, 6.45) is 6.08. The van der Waals surface area contributed by atoms with Crippen molar-refractivity contribution >= 4 is 40.0 Å². The van der Waals surface area contributed by atoms with Crippen LogP contribution in [0.5, 0.6) is 0 Å². The maximum atomic E-state index is 13.8. The smallest absolute Gasteiger partial charge is 0.243 e. The van der Waals surface area contributed by atoms with Gasteiger partial charge in [-0.2, -0.15) is 5.10 Å². The van der Waals surface area contributed by atoms with Gasteiger partial charge in [-0.25, -0.2) is 14.4 Å². The van der Waals surface area contributed by atoms with Crippen LogP contribution in [0.2, 0.25) is 5.02 Å². The van der Waals surface area contributed by atoms with E-state index in [1.807, 2.05) is 0 Å². The van der Waals surface area contributed by atoms with Gasteiger partial charge in [-0.1, -0.05) is 18.5 Å². The highest BCUT2D eigenvalue weighted by Crippen LogP contribution is 2.35. The van der Waals surface area contributed by atoms with Crippen molar-refractivity contribution in [1.29, 1.82) is 0 Å². The summed E-state index contributed by atoms with van der Waals surface area (Å²) in [6, 6.07) is 3.81. The third kappa shape index (κ3) is 4.48. The first-order valence-electron chi connectivity index (χ1n) is 10.9. The molecule has 1 aliphatic carbocycles. The van der Waals surface area contributed by atoms with Crippen LogP contribution in [0, 0.1) is 17.7 Å². The van der Waals surface area contributed by atoms with Gasteiger partial charge in [0, 0.05) is 29.8 Å². The van der Waals surface area contributed by atoms with E-state index in [1.165, 1.54) is 18.5 Å². The van der Waals surface area contributed by atoms with Crippen molar-refractivity contribution in [2.24, 2.45) is 11.8 Å². The number of halogens is 2. The number of carbonyl (C=O) groups excluding carboxylic acids is 1. The Morgan fingerprint density at radius 3 is 2.91 bits per heavy atom. The number of amides is 1. The van der Waals surface area contributed by atoms with Crippen LogP contribution < -0.4 is 15.5 Å². The van der Waals surface area contributed by atoms with Crippen molar-refractivity contribution < 1.29 is 9.18 Å². The zero-order valence-electron chi connectivity index (χ0n) is 17.7. The molecule has 5 rings (SSSR count). The fourth-order valence-corrected chi connectivity index (χ4v) is 4.79. The number of H-pyrrole nitrogens is 1. The van der Waals surface area contributed by atoms with Crippen LogP contribution in [0.3, 0.4) is 0 Å². The Kier molecular flexibility index (Phi) is 5.58. The molecule has 0 bridgehead atoms. The lowest BCUT2D eigenvalue weighted by Crippen LogP contribution is -2.54. The summed E-state index contributed by atoms with van der Waals surface area (Å²) < 4.78 is 13.8. The highest BCUT2D eigenvalue weighted by atomic mass is 35.5. The third-order valence-electron chi connectivity index (χ3n) is 6.09. The molecule has 10 heteroatoms. The van der Waals surface area contributed by atoms with E-state index in [0.717, 1.165) is 37.0 Å². The lowest BCUT2D eigenvalue weighted by molar-refractivity contribution is -0.123. The predicted octanol–water partition coefficient (Wildman–Crippen LogP) is 3.37. The fourth-order valence-electron chi connectivity index (χ4n) is 4.57. The first-order valence-corrected chi connectivity index (χ1v) is 11.3. The predicted molar refractivity (Wildman–Crippen MR) is 121 cm³/mol. The Balaban J connectivity index is 1.30. The van der Waals surface area contributed by atoms with Crippen molar-refractivity contribution in [1.82, 2.24) is 25.5 Å². The monoisotopic (exact) mass is 457 g/mol. The molecule has 1 saturated heterocycles. The van der Waals surface area contributed by atoms with E-state index in [2.05, 4.69) is 42.6 Å². The van der Waals surface area contributed by atoms with Gasteiger partial charge in [-0.15, -0.1) is 0 Å². The quantitative estimate of drug-likeness (QED) is 0.525. The first-order chi connectivity index (χ1) is 15.5. The summed E-state index contributed by atoms with van der Waals surface area (Å²) in [6.45, 7) is 3.66. The first kappa shape index (κ1) is 20.9. The Morgan fingerprint density at radius 1 is 1.28 bits per heavy atom. The molecule has 1 saturated carbocycles. The molecule has 1 aromatic carbocycles. The summed E-state index contributed by atoms with van der Waals surface area (Å²) in [7, 11) is 0. The van der Waals surface area contributed by atoms with Crippen LogP contribution in [0.4, 0.5) is 15.9 Å². The van der Waals surface area contributed by atoms with Crippen LogP contribution in [0.15, 0.2) is 30.7 Å². The number of nitrogens with one attached hydrogen (secondary N) is 3. The second-order valence-electron chi connectivity index (χ2n) is 8.90. The Bertz CT molecular complexity index is 1110. The van der Waals surface area contributed by atoms with Crippen LogP contribution >= 0.6 is 11.6 Å². The van der Waals surface area contributed by atoms with E-state index in [9.17, 15) is 9.18 Å².